The molecule has 0 fully saturated rings. The van der Waals surface area contributed by atoms with Crippen molar-refractivity contribution in [1.29, 1.82) is 0 Å². The van der Waals surface area contributed by atoms with Crippen molar-refractivity contribution in [3.05, 3.63) is 75.9 Å². The number of carbonyl (C=O) groups excluding carboxylic acids is 1. The van der Waals surface area contributed by atoms with E-state index in [-0.39, 0.29) is 5.91 Å². The van der Waals surface area contributed by atoms with Gasteiger partial charge in [0.25, 0.3) is 5.91 Å². The molecule has 0 bridgehead atoms. The highest BCUT2D eigenvalue weighted by Gasteiger charge is 2.07. The minimum atomic E-state index is -0.259. The molecule has 0 unspecified atom stereocenters. The van der Waals surface area contributed by atoms with E-state index in [1.54, 1.807) is 6.07 Å². The van der Waals surface area contributed by atoms with Gasteiger partial charge in [0.05, 0.1) is 11.7 Å². The summed E-state index contributed by atoms with van der Waals surface area (Å²) in [6, 6.07) is 15.2. The number of benzene rings is 2. The van der Waals surface area contributed by atoms with Crippen LogP contribution in [-0.4, -0.2) is 17.1 Å². The third-order valence-electron chi connectivity index (χ3n) is 3.71. The van der Waals surface area contributed by atoms with Crippen LogP contribution in [0.2, 0.25) is 5.15 Å². The van der Waals surface area contributed by atoms with E-state index < -0.39 is 0 Å². The quantitative estimate of drug-likeness (QED) is 0.441. The SMILES string of the molecule is Cc1ccc2cc(/C=N\NC(=O)c3ccccc3C)c(Cl)nc2c1. The second kappa shape index (κ2) is 6.81. The van der Waals surface area contributed by atoms with Gasteiger partial charge in [0.15, 0.2) is 0 Å². The zero-order valence-corrected chi connectivity index (χ0v) is 14.1. The van der Waals surface area contributed by atoms with Gasteiger partial charge in [-0.05, 0) is 43.2 Å². The molecular weight excluding hydrogens is 322 g/mol. The Bertz CT molecular complexity index is 950. The van der Waals surface area contributed by atoms with Crippen LogP contribution in [0.3, 0.4) is 0 Å². The number of aromatic nitrogens is 1. The lowest BCUT2D eigenvalue weighted by atomic mass is 10.1. The van der Waals surface area contributed by atoms with Crippen LogP contribution in [0.1, 0.15) is 27.0 Å². The maximum absolute atomic E-state index is 12.1. The number of rotatable bonds is 3. The predicted molar refractivity (Wildman–Crippen MR) is 97.7 cm³/mol. The van der Waals surface area contributed by atoms with Crippen LogP contribution >= 0.6 is 11.6 Å². The van der Waals surface area contributed by atoms with Crippen molar-refractivity contribution < 1.29 is 4.79 Å². The first-order valence-electron chi connectivity index (χ1n) is 7.50. The van der Waals surface area contributed by atoms with Gasteiger partial charge in [-0.25, -0.2) is 10.4 Å². The lowest BCUT2D eigenvalue weighted by Crippen LogP contribution is -2.18. The number of nitrogens with one attached hydrogen (secondary N) is 1. The highest BCUT2D eigenvalue weighted by atomic mass is 35.5. The number of nitrogens with zero attached hydrogens (tertiary/aromatic N) is 2. The van der Waals surface area contributed by atoms with E-state index in [0.717, 1.165) is 22.0 Å². The molecule has 120 valence electrons. The van der Waals surface area contributed by atoms with Crippen LogP contribution in [0, 0.1) is 13.8 Å². The minimum Gasteiger partial charge on any atom is -0.267 e. The number of hydrogen-bond acceptors (Lipinski definition) is 3. The van der Waals surface area contributed by atoms with Crippen molar-refractivity contribution >= 4 is 34.6 Å². The van der Waals surface area contributed by atoms with E-state index in [9.17, 15) is 4.79 Å². The summed E-state index contributed by atoms with van der Waals surface area (Å²) in [6.07, 6.45) is 1.50. The summed E-state index contributed by atoms with van der Waals surface area (Å²) in [5.74, 6) is -0.259. The number of halogens is 1. The Morgan fingerprint density at radius 3 is 2.75 bits per heavy atom. The van der Waals surface area contributed by atoms with Gasteiger partial charge in [-0.15, -0.1) is 0 Å². The van der Waals surface area contributed by atoms with Crippen LogP contribution in [0.5, 0.6) is 0 Å². The Kier molecular flexibility index (Phi) is 4.58. The lowest BCUT2D eigenvalue weighted by molar-refractivity contribution is 0.0954. The first-order chi connectivity index (χ1) is 11.5. The molecule has 3 rings (SSSR count). The third-order valence-corrected chi connectivity index (χ3v) is 4.02. The van der Waals surface area contributed by atoms with Crippen molar-refractivity contribution in [2.75, 3.05) is 0 Å². The van der Waals surface area contributed by atoms with E-state index in [0.29, 0.717) is 16.3 Å². The molecular formula is C19H16ClN3O. The van der Waals surface area contributed by atoms with Gasteiger partial charge >= 0.3 is 0 Å². The summed E-state index contributed by atoms with van der Waals surface area (Å²) >= 11 is 6.20. The topological polar surface area (TPSA) is 54.4 Å². The molecule has 0 aliphatic rings. The molecule has 5 heteroatoms. The largest absolute Gasteiger partial charge is 0.271 e. The number of fused-ring (bicyclic) bond motifs is 1. The molecule has 0 saturated heterocycles. The van der Waals surface area contributed by atoms with Gasteiger partial charge in [-0.3, -0.25) is 4.79 Å². The molecule has 24 heavy (non-hydrogen) atoms. The molecule has 1 N–H and O–H groups in total. The number of aryl methyl sites for hydroxylation is 2. The molecule has 0 aliphatic heterocycles. The monoisotopic (exact) mass is 337 g/mol. The smallest absolute Gasteiger partial charge is 0.267 e. The average molecular weight is 338 g/mol. The molecule has 1 heterocycles. The Hall–Kier alpha value is -2.72. The number of carbonyl (C=O) groups is 1. The van der Waals surface area contributed by atoms with Crippen LogP contribution in [0.15, 0.2) is 53.6 Å². The molecule has 0 aliphatic carbocycles. The second-order valence-corrected chi connectivity index (χ2v) is 5.94. The molecule has 0 saturated carbocycles. The maximum atomic E-state index is 12.1. The van der Waals surface area contributed by atoms with Crippen molar-refractivity contribution in [3.63, 3.8) is 0 Å². The molecule has 3 aromatic rings. The molecule has 4 nitrogen and oxygen atoms in total. The fraction of sp³-hybridized carbons (Fsp3) is 0.105. The molecule has 0 spiro atoms. The minimum absolute atomic E-state index is 0.259. The lowest BCUT2D eigenvalue weighted by Gasteiger charge is -2.04. The summed E-state index contributed by atoms with van der Waals surface area (Å²) < 4.78 is 0. The molecule has 1 aromatic heterocycles. The van der Waals surface area contributed by atoms with Crippen LogP contribution < -0.4 is 5.43 Å². The first kappa shape index (κ1) is 16.1. The molecule has 1 amide bonds. The maximum Gasteiger partial charge on any atom is 0.271 e. The summed E-state index contributed by atoms with van der Waals surface area (Å²) in [5.41, 5.74) is 6.61. The Morgan fingerprint density at radius 1 is 1.17 bits per heavy atom. The predicted octanol–water partition coefficient (Wildman–Crippen LogP) is 4.27. The number of hydrogen-bond donors (Lipinski definition) is 1. The van der Waals surface area contributed by atoms with E-state index in [1.807, 2.05) is 56.3 Å². The van der Waals surface area contributed by atoms with E-state index in [2.05, 4.69) is 15.5 Å². The first-order valence-corrected chi connectivity index (χ1v) is 7.88. The zero-order valence-electron chi connectivity index (χ0n) is 13.4. The summed E-state index contributed by atoms with van der Waals surface area (Å²) in [4.78, 5) is 16.5. The standard InChI is InChI=1S/C19H16ClN3O/c1-12-7-8-14-10-15(18(20)22-17(14)9-12)11-21-23-19(24)16-6-4-3-5-13(16)2/h3-11H,1-2H3,(H,23,24)/b21-11-. The van der Waals surface area contributed by atoms with Gasteiger partial charge in [-0.2, -0.15) is 5.10 Å². The van der Waals surface area contributed by atoms with Crippen LogP contribution in [0.4, 0.5) is 0 Å². The Morgan fingerprint density at radius 2 is 1.96 bits per heavy atom. The van der Waals surface area contributed by atoms with E-state index in [4.69, 9.17) is 11.6 Å². The zero-order chi connectivity index (χ0) is 17.1. The summed E-state index contributed by atoms with van der Waals surface area (Å²) in [6.45, 7) is 3.89. The summed E-state index contributed by atoms with van der Waals surface area (Å²) in [7, 11) is 0. The third kappa shape index (κ3) is 3.44. The second-order valence-electron chi connectivity index (χ2n) is 5.58. The van der Waals surface area contributed by atoms with Crippen molar-refractivity contribution in [3.8, 4) is 0 Å². The van der Waals surface area contributed by atoms with Crippen LogP contribution in [-0.2, 0) is 0 Å². The average Bonchev–Trinajstić information content (AvgIpc) is 2.55. The fourth-order valence-corrected chi connectivity index (χ4v) is 2.60. The number of amides is 1. The highest BCUT2D eigenvalue weighted by molar-refractivity contribution is 6.32. The van der Waals surface area contributed by atoms with Gasteiger partial charge in [0.1, 0.15) is 5.15 Å². The van der Waals surface area contributed by atoms with Crippen molar-refractivity contribution in [1.82, 2.24) is 10.4 Å². The van der Waals surface area contributed by atoms with Crippen molar-refractivity contribution in [2.24, 2.45) is 5.10 Å². The van der Waals surface area contributed by atoms with Crippen LogP contribution in [0.25, 0.3) is 10.9 Å². The Balaban J connectivity index is 1.80. The summed E-state index contributed by atoms with van der Waals surface area (Å²) in [5, 5.41) is 5.31. The van der Waals surface area contributed by atoms with Gasteiger partial charge in [0.2, 0.25) is 0 Å². The number of pyridine rings is 1. The fourth-order valence-electron chi connectivity index (χ4n) is 2.41. The van der Waals surface area contributed by atoms with E-state index in [1.165, 1.54) is 6.21 Å². The number of hydrazone groups is 1. The van der Waals surface area contributed by atoms with E-state index >= 15 is 0 Å². The highest BCUT2D eigenvalue weighted by Crippen LogP contribution is 2.20. The molecule has 0 radical (unpaired) electrons. The molecule has 0 atom stereocenters. The van der Waals surface area contributed by atoms with Gasteiger partial charge < -0.3 is 0 Å². The van der Waals surface area contributed by atoms with Gasteiger partial charge in [-0.1, -0.05) is 41.9 Å². The normalized spacial score (nSPS) is 11.1. The van der Waals surface area contributed by atoms with Gasteiger partial charge in [0, 0.05) is 16.5 Å². The van der Waals surface area contributed by atoms with Crippen molar-refractivity contribution in [2.45, 2.75) is 13.8 Å². The molecule has 2 aromatic carbocycles. The Labute approximate surface area is 145 Å².